The van der Waals surface area contributed by atoms with E-state index < -0.39 is 5.60 Å². The smallest absolute Gasteiger partial charge is 0.0626 e. The molecule has 0 aliphatic heterocycles. The lowest BCUT2D eigenvalue weighted by atomic mass is 9.69. The highest BCUT2D eigenvalue weighted by atomic mass is 16.3. The Labute approximate surface area is 184 Å². The number of allylic oxidation sites excluding steroid dienone is 4. The maximum absolute atomic E-state index is 9.91. The molecule has 3 aliphatic rings. The zero-order valence-electron chi connectivity index (χ0n) is 19.4. The molecular weight excluding hydrogens is 372 g/mol. The number of hydrogen-bond acceptors (Lipinski definition) is 3. The van der Waals surface area contributed by atoms with E-state index in [9.17, 15) is 15.3 Å². The van der Waals surface area contributed by atoms with Gasteiger partial charge < -0.3 is 15.3 Å². The van der Waals surface area contributed by atoms with E-state index in [0.29, 0.717) is 30.6 Å². The predicted octanol–water partition coefficient (Wildman–Crippen LogP) is 5.85. The number of aliphatic hydroxyl groups is 3. The third-order valence-corrected chi connectivity index (χ3v) is 7.74. The largest absolute Gasteiger partial charge is 0.393 e. The van der Waals surface area contributed by atoms with Crippen molar-refractivity contribution in [2.24, 2.45) is 17.3 Å². The molecule has 3 fully saturated rings. The molecule has 170 valence electrons. The van der Waals surface area contributed by atoms with E-state index in [1.54, 1.807) is 5.57 Å². The summed E-state index contributed by atoms with van der Waals surface area (Å²) in [5.74, 6) is 1.53. The quantitative estimate of drug-likeness (QED) is 0.476. The number of aliphatic hydroxyl groups excluding tert-OH is 2. The minimum absolute atomic E-state index is 0.384. The first-order valence-corrected chi connectivity index (χ1v) is 12.3. The average Bonchev–Trinajstić information content (AvgIpc) is 3.05. The average molecular weight is 417 g/mol. The standard InChI is InChI=1S/C27H44O3/c1-20(7-4-5-12-26(2,3)30)23-11-14-27(19-23)13-6-8-21(18-27)9-10-22-15-24(28)17-25(29)16-22/h4-5,9-10,20,23-25,28-30H,6-8,11-19H2,1-3H3/b5-4+,21-9+/t20?,23-,24-,25-,27-/m1/s1. The molecule has 0 heterocycles. The van der Waals surface area contributed by atoms with Gasteiger partial charge in [0.15, 0.2) is 0 Å². The predicted molar refractivity (Wildman–Crippen MR) is 124 cm³/mol. The molecular formula is C27H44O3. The fraction of sp³-hybridized carbons (Fsp3) is 0.778. The van der Waals surface area contributed by atoms with Gasteiger partial charge >= 0.3 is 0 Å². The van der Waals surface area contributed by atoms with E-state index >= 15 is 0 Å². The summed E-state index contributed by atoms with van der Waals surface area (Å²) >= 11 is 0. The van der Waals surface area contributed by atoms with Crippen molar-refractivity contribution in [1.82, 2.24) is 0 Å². The Morgan fingerprint density at radius 1 is 1.07 bits per heavy atom. The molecule has 3 heteroatoms. The van der Waals surface area contributed by atoms with Gasteiger partial charge in [-0.15, -0.1) is 0 Å². The molecule has 0 aromatic carbocycles. The van der Waals surface area contributed by atoms with E-state index in [2.05, 4.69) is 31.2 Å². The lowest BCUT2D eigenvalue weighted by Gasteiger charge is -2.36. The van der Waals surface area contributed by atoms with Crippen molar-refractivity contribution in [3.63, 3.8) is 0 Å². The third-order valence-electron chi connectivity index (χ3n) is 7.74. The van der Waals surface area contributed by atoms with Crippen LogP contribution in [0, 0.1) is 17.3 Å². The normalized spacial score (nSPS) is 35.5. The maximum Gasteiger partial charge on any atom is 0.0626 e. The van der Waals surface area contributed by atoms with Crippen molar-refractivity contribution >= 4 is 0 Å². The lowest BCUT2D eigenvalue weighted by molar-refractivity contribution is 0.0609. The lowest BCUT2D eigenvalue weighted by Crippen LogP contribution is -2.25. The minimum atomic E-state index is -0.606. The van der Waals surface area contributed by atoms with Crippen LogP contribution in [0.2, 0.25) is 0 Å². The highest BCUT2D eigenvalue weighted by molar-refractivity contribution is 5.23. The first kappa shape index (κ1) is 23.8. The molecule has 3 rings (SSSR count). The molecule has 3 N–H and O–H groups in total. The van der Waals surface area contributed by atoms with Crippen LogP contribution >= 0.6 is 0 Å². The Hall–Kier alpha value is -0.900. The van der Waals surface area contributed by atoms with E-state index in [-0.39, 0.29) is 12.2 Å². The zero-order valence-corrected chi connectivity index (χ0v) is 19.4. The Morgan fingerprint density at radius 2 is 1.77 bits per heavy atom. The van der Waals surface area contributed by atoms with Gasteiger partial charge in [0.25, 0.3) is 0 Å². The van der Waals surface area contributed by atoms with Crippen LogP contribution in [0.3, 0.4) is 0 Å². The molecule has 0 saturated heterocycles. The Kier molecular flexibility index (Phi) is 8.03. The summed E-state index contributed by atoms with van der Waals surface area (Å²) in [5.41, 5.74) is 2.67. The molecule has 0 radical (unpaired) electrons. The molecule has 30 heavy (non-hydrogen) atoms. The molecule has 3 aliphatic carbocycles. The molecule has 5 atom stereocenters. The van der Waals surface area contributed by atoms with Gasteiger partial charge in [-0.05, 0) is 108 Å². The highest BCUT2D eigenvalue weighted by Gasteiger charge is 2.42. The van der Waals surface area contributed by atoms with Crippen LogP contribution in [-0.4, -0.2) is 33.1 Å². The van der Waals surface area contributed by atoms with E-state index in [0.717, 1.165) is 18.8 Å². The van der Waals surface area contributed by atoms with E-state index in [1.807, 2.05) is 13.8 Å². The van der Waals surface area contributed by atoms with Crippen molar-refractivity contribution in [3.05, 3.63) is 35.5 Å². The Bertz CT molecular complexity index is 642. The minimum Gasteiger partial charge on any atom is -0.393 e. The van der Waals surface area contributed by atoms with Crippen LogP contribution in [0.5, 0.6) is 0 Å². The van der Waals surface area contributed by atoms with Gasteiger partial charge in [0.05, 0.1) is 17.8 Å². The van der Waals surface area contributed by atoms with Crippen molar-refractivity contribution in [3.8, 4) is 0 Å². The molecule has 0 bridgehead atoms. The molecule has 0 aromatic rings. The van der Waals surface area contributed by atoms with Gasteiger partial charge in [-0.1, -0.05) is 42.4 Å². The summed E-state index contributed by atoms with van der Waals surface area (Å²) in [6.45, 7) is 6.14. The van der Waals surface area contributed by atoms with Crippen LogP contribution in [0.4, 0.5) is 0 Å². The fourth-order valence-electron chi connectivity index (χ4n) is 6.03. The van der Waals surface area contributed by atoms with Crippen LogP contribution in [0.15, 0.2) is 35.5 Å². The second kappa shape index (κ2) is 10.1. The summed E-state index contributed by atoms with van der Waals surface area (Å²) in [4.78, 5) is 0. The van der Waals surface area contributed by atoms with Gasteiger partial charge in [-0.25, -0.2) is 0 Å². The topological polar surface area (TPSA) is 60.7 Å². The maximum atomic E-state index is 9.91. The summed E-state index contributed by atoms with van der Waals surface area (Å²) in [7, 11) is 0. The first-order chi connectivity index (χ1) is 14.1. The second-order valence-corrected chi connectivity index (χ2v) is 11.3. The Balaban J connectivity index is 1.53. The van der Waals surface area contributed by atoms with E-state index in [4.69, 9.17) is 0 Å². The fourth-order valence-corrected chi connectivity index (χ4v) is 6.03. The van der Waals surface area contributed by atoms with Gasteiger partial charge in [0.1, 0.15) is 0 Å². The van der Waals surface area contributed by atoms with Crippen LogP contribution < -0.4 is 0 Å². The van der Waals surface area contributed by atoms with Gasteiger partial charge in [-0.2, -0.15) is 0 Å². The van der Waals surface area contributed by atoms with Crippen molar-refractivity contribution in [1.29, 1.82) is 0 Å². The summed E-state index contributed by atoms with van der Waals surface area (Å²) < 4.78 is 0. The molecule has 1 unspecified atom stereocenters. The molecule has 0 aromatic heterocycles. The van der Waals surface area contributed by atoms with Crippen molar-refractivity contribution < 1.29 is 15.3 Å². The second-order valence-electron chi connectivity index (χ2n) is 11.3. The SMILES string of the molecule is CC(C/C=C/CC(C)(C)O)[C@@H]1CC[C@@]2(CCC/C(=C\C=C3C[C@@H](O)C[C@H](O)C3)C2)C1. The Morgan fingerprint density at radius 3 is 2.47 bits per heavy atom. The number of rotatable bonds is 6. The molecule has 3 nitrogen and oxygen atoms in total. The molecule has 1 spiro atoms. The van der Waals surface area contributed by atoms with Crippen molar-refractivity contribution in [2.45, 2.75) is 116 Å². The summed E-state index contributed by atoms with van der Waals surface area (Å²) in [6.07, 6.45) is 21.2. The summed E-state index contributed by atoms with van der Waals surface area (Å²) in [5, 5.41) is 29.7. The van der Waals surface area contributed by atoms with Gasteiger partial charge in [-0.3, -0.25) is 0 Å². The van der Waals surface area contributed by atoms with Crippen LogP contribution in [0.25, 0.3) is 0 Å². The third kappa shape index (κ3) is 7.07. The first-order valence-electron chi connectivity index (χ1n) is 12.3. The highest BCUT2D eigenvalue weighted by Crippen LogP contribution is 2.54. The van der Waals surface area contributed by atoms with Crippen molar-refractivity contribution in [2.75, 3.05) is 0 Å². The summed E-state index contributed by atoms with van der Waals surface area (Å²) in [6, 6.07) is 0. The zero-order chi connectivity index (χ0) is 21.8. The van der Waals surface area contributed by atoms with Crippen LogP contribution in [0.1, 0.15) is 97.8 Å². The monoisotopic (exact) mass is 416 g/mol. The molecule has 3 saturated carbocycles. The van der Waals surface area contributed by atoms with E-state index in [1.165, 1.54) is 50.5 Å². The number of hydrogen-bond donors (Lipinski definition) is 3. The van der Waals surface area contributed by atoms with Crippen LogP contribution in [-0.2, 0) is 0 Å². The van der Waals surface area contributed by atoms with Gasteiger partial charge in [0.2, 0.25) is 0 Å². The van der Waals surface area contributed by atoms with Gasteiger partial charge in [0, 0.05) is 0 Å². The molecule has 0 amide bonds.